The van der Waals surface area contributed by atoms with E-state index in [1.807, 2.05) is 30.3 Å². The number of benzene rings is 2. The Kier molecular flexibility index (Phi) is 4.35. The monoisotopic (exact) mass is 290 g/mol. The van der Waals surface area contributed by atoms with Crippen molar-refractivity contribution >= 4 is 15.9 Å². The molecule has 88 valence electrons. The summed E-state index contributed by atoms with van der Waals surface area (Å²) in [6.45, 7) is 0.177. The molecule has 1 nitrogen and oxygen atoms in total. The maximum absolute atomic E-state index is 9.50. The Hall–Kier alpha value is -1.12. The first kappa shape index (κ1) is 12.3. The Morgan fingerprint density at radius 3 is 2.18 bits per heavy atom. The normalized spacial score (nSPS) is 12.4. The van der Waals surface area contributed by atoms with Crippen LogP contribution in [0.2, 0.25) is 0 Å². The quantitative estimate of drug-likeness (QED) is 0.909. The van der Waals surface area contributed by atoms with Gasteiger partial charge in [-0.25, -0.2) is 0 Å². The summed E-state index contributed by atoms with van der Waals surface area (Å²) >= 11 is 3.42. The van der Waals surface area contributed by atoms with Crippen molar-refractivity contribution in [1.29, 1.82) is 0 Å². The van der Waals surface area contributed by atoms with Gasteiger partial charge in [0, 0.05) is 10.4 Å². The second-order valence-electron chi connectivity index (χ2n) is 4.12. The molecule has 0 fully saturated rings. The van der Waals surface area contributed by atoms with Crippen molar-refractivity contribution in [2.45, 2.75) is 12.3 Å². The van der Waals surface area contributed by atoms with Crippen LogP contribution >= 0.6 is 15.9 Å². The molecule has 0 aliphatic heterocycles. The van der Waals surface area contributed by atoms with Crippen LogP contribution in [0.4, 0.5) is 0 Å². The van der Waals surface area contributed by atoms with Gasteiger partial charge >= 0.3 is 0 Å². The average Bonchev–Trinajstić information content (AvgIpc) is 2.38. The number of hydrogen-bond donors (Lipinski definition) is 1. The van der Waals surface area contributed by atoms with Crippen molar-refractivity contribution < 1.29 is 5.11 Å². The van der Waals surface area contributed by atoms with Crippen LogP contribution in [0.25, 0.3) is 0 Å². The van der Waals surface area contributed by atoms with Gasteiger partial charge in [0.1, 0.15) is 0 Å². The van der Waals surface area contributed by atoms with Gasteiger partial charge in [-0.15, -0.1) is 0 Å². The van der Waals surface area contributed by atoms with Gasteiger partial charge in [0.05, 0.1) is 6.61 Å². The van der Waals surface area contributed by atoms with E-state index in [-0.39, 0.29) is 12.5 Å². The van der Waals surface area contributed by atoms with Gasteiger partial charge in [-0.1, -0.05) is 58.4 Å². The van der Waals surface area contributed by atoms with E-state index in [0.29, 0.717) is 0 Å². The maximum Gasteiger partial charge on any atom is 0.0502 e. The fourth-order valence-electron chi connectivity index (χ4n) is 1.92. The molecule has 0 aromatic heterocycles. The Balaban J connectivity index is 2.14. The largest absolute Gasteiger partial charge is 0.396 e. The van der Waals surface area contributed by atoms with Crippen molar-refractivity contribution in [1.82, 2.24) is 0 Å². The first-order valence-corrected chi connectivity index (χ1v) is 6.49. The minimum Gasteiger partial charge on any atom is -0.396 e. The molecule has 1 N–H and O–H groups in total. The van der Waals surface area contributed by atoms with Crippen molar-refractivity contribution in [2.75, 3.05) is 6.61 Å². The third kappa shape index (κ3) is 3.42. The van der Waals surface area contributed by atoms with Gasteiger partial charge in [-0.2, -0.15) is 0 Å². The smallest absolute Gasteiger partial charge is 0.0502 e. The van der Waals surface area contributed by atoms with Gasteiger partial charge in [0.25, 0.3) is 0 Å². The molecule has 0 aliphatic carbocycles. The van der Waals surface area contributed by atoms with Crippen LogP contribution in [0, 0.1) is 0 Å². The lowest BCUT2D eigenvalue weighted by Gasteiger charge is -2.14. The first-order valence-electron chi connectivity index (χ1n) is 5.70. The van der Waals surface area contributed by atoms with Crippen LogP contribution in [0.1, 0.15) is 17.0 Å². The van der Waals surface area contributed by atoms with Crippen LogP contribution in [0.5, 0.6) is 0 Å². The summed E-state index contributed by atoms with van der Waals surface area (Å²) in [6, 6.07) is 18.4. The average molecular weight is 291 g/mol. The van der Waals surface area contributed by atoms with Gasteiger partial charge < -0.3 is 5.11 Å². The van der Waals surface area contributed by atoms with E-state index in [2.05, 4.69) is 40.2 Å². The van der Waals surface area contributed by atoms with E-state index in [0.717, 1.165) is 10.9 Å². The first-order chi connectivity index (χ1) is 8.29. The van der Waals surface area contributed by atoms with Gasteiger partial charge in [-0.05, 0) is 29.7 Å². The zero-order valence-electron chi connectivity index (χ0n) is 9.51. The zero-order valence-corrected chi connectivity index (χ0v) is 11.1. The molecule has 0 aliphatic rings. The molecule has 2 aromatic carbocycles. The van der Waals surface area contributed by atoms with E-state index in [9.17, 15) is 5.11 Å². The van der Waals surface area contributed by atoms with Crippen molar-refractivity contribution in [3.8, 4) is 0 Å². The predicted molar refractivity (Wildman–Crippen MR) is 74.1 cm³/mol. The Morgan fingerprint density at radius 2 is 1.59 bits per heavy atom. The lowest BCUT2D eigenvalue weighted by molar-refractivity contribution is 0.264. The zero-order chi connectivity index (χ0) is 12.1. The molecule has 0 amide bonds. The summed E-state index contributed by atoms with van der Waals surface area (Å²) < 4.78 is 1.07. The highest BCUT2D eigenvalue weighted by Crippen LogP contribution is 2.22. The number of aliphatic hydroxyl groups excluding tert-OH is 1. The third-order valence-corrected chi connectivity index (χ3v) is 3.42. The van der Waals surface area contributed by atoms with Gasteiger partial charge in [0.15, 0.2) is 0 Å². The summed E-state index contributed by atoms with van der Waals surface area (Å²) in [5.41, 5.74) is 2.44. The number of hydrogen-bond acceptors (Lipinski definition) is 1. The third-order valence-electron chi connectivity index (χ3n) is 2.89. The molecule has 0 radical (unpaired) electrons. The summed E-state index contributed by atoms with van der Waals surface area (Å²) in [4.78, 5) is 0. The second kappa shape index (κ2) is 5.99. The molecule has 17 heavy (non-hydrogen) atoms. The molecule has 0 heterocycles. The summed E-state index contributed by atoms with van der Waals surface area (Å²) in [5, 5.41) is 9.50. The molecule has 0 saturated heterocycles. The van der Waals surface area contributed by atoms with Crippen LogP contribution in [-0.4, -0.2) is 11.7 Å². The molecule has 2 aromatic rings. The number of rotatable bonds is 4. The van der Waals surface area contributed by atoms with Crippen molar-refractivity contribution in [3.05, 3.63) is 70.2 Å². The fraction of sp³-hybridized carbons (Fsp3) is 0.200. The number of halogens is 1. The summed E-state index contributed by atoms with van der Waals surface area (Å²) in [7, 11) is 0. The number of aliphatic hydroxyl groups is 1. The molecule has 0 bridgehead atoms. The predicted octanol–water partition coefficient (Wildman–Crippen LogP) is 3.77. The highest BCUT2D eigenvalue weighted by Gasteiger charge is 2.10. The molecule has 1 atom stereocenters. The maximum atomic E-state index is 9.50. The van der Waals surface area contributed by atoms with Crippen LogP contribution < -0.4 is 0 Å². The molecule has 0 saturated carbocycles. The lowest BCUT2D eigenvalue weighted by Crippen LogP contribution is -2.07. The Labute approximate surface area is 110 Å². The topological polar surface area (TPSA) is 20.2 Å². The highest BCUT2D eigenvalue weighted by molar-refractivity contribution is 9.10. The molecular weight excluding hydrogens is 276 g/mol. The van der Waals surface area contributed by atoms with E-state index in [1.165, 1.54) is 11.1 Å². The molecule has 2 heteroatoms. The Morgan fingerprint density at radius 1 is 0.941 bits per heavy atom. The van der Waals surface area contributed by atoms with E-state index in [4.69, 9.17) is 0 Å². The molecule has 2 rings (SSSR count). The SMILES string of the molecule is OCC(Cc1ccccc1)c1ccc(Br)cc1. The summed E-state index contributed by atoms with van der Waals surface area (Å²) in [6.07, 6.45) is 0.874. The lowest BCUT2D eigenvalue weighted by atomic mass is 9.93. The molecule has 0 spiro atoms. The second-order valence-corrected chi connectivity index (χ2v) is 5.04. The van der Waals surface area contributed by atoms with E-state index < -0.39 is 0 Å². The standard InChI is InChI=1S/C15H15BrO/c16-15-8-6-13(7-9-15)14(11-17)10-12-4-2-1-3-5-12/h1-9,14,17H,10-11H2. The van der Waals surface area contributed by atoms with Crippen LogP contribution in [0.15, 0.2) is 59.1 Å². The van der Waals surface area contributed by atoms with E-state index in [1.54, 1.807) is 0 Å². The van der Waals surface area contributed by atoms with Gasteiger partial charge in [-0.3, -0.25) is 0 Å². The summed E-state index contributed by atoms with van der Waals surface area (Å²) in [5.74, 6) is 0.172. The molecular formula is C15H15BrO. The van der Waals surface area contributed by atoms with Crippen LogP contribution in [-0.2, 0) is 6.42 Å². The minimum atomic E-state index is 0.172. The highest BCUT2D eigenvalue weighted by atomic mass is 79.9. The minimum absolute atomic E-state index is 0.172. The Bertz CT molecular complexity index is 450. The fourth-order valence-corrected chi connectivity index (χ4v) is 2.19. The van der Waals surface area contributed by atoms with E-state index >= 15 is 0 Å². The van der Waals surface area contributed by atoms with Gasteiger partial charge in [0.2, 0.25) is 0 Å². The van der Waals surface area contributed by atoms with Crippen molar-refractivity contribution in [3.63, 3.8) is 0 Å². The van der Waals surface area contributed by atoms with Crippen molar-refractivity contribution in [2.24, 2.45) is 0 Å². The van der Waals surface area contributed by atoms with Crippen LogP contribution in [0.3, 0.4) is 0 Å². The molecule has 1 unspecified atom stereocenters.